The summed E-state index contributed by atoms with van der Waals surface area (Å²) in [6, 6.07) is 9.99. The Kier molecular flexibility index (Phi) is 7.92. The van der Waals surface area contributed by atoms with Gasteiger partial charge < -0.3 is 23.5 Å². The number of furan rings is 1. The average Bonchev–Trinajstić information content (AvgIpc) is 3.30. The number of para-hydroxylation sites is 1. The van der Waals surface area contributed by atoms with Gasteiger partial charge in [-0.05, 0) is 31.0 Å². The molecule has 1 aliphatic heterocycles. The lowest BCUT2D eigenvalue weighted by atomic mass is 9.83. The van der Waals surface area contributed by atoms with Gasteiger partial charge in [0.2, 0.25) is 11.7 Å². The lowest BCUT2D eigenvalue weighted by Gasteiger charge is -2.40. The number of amides is 1. The Morgan fingerprint density at radius 1 is 1.16 bits per heavy atom. The van der Waals surface area contributed by atoms with Gasteiger partial charge in [-0.15, -0.1) is 0 Å². The highest BCUT2D eigenvalue weighted by Gasteiger charge is 2.42. The molecule has 0 saturated carbocycles. The summed E-state index contributed by atoms with van der Waals surface area (Å²) in [6.07, 6.45) is 2.43. The molecule has 1 aliphatic rings. The molecule has 1 amide bonds. The second-order valence-electron chi connectivity index (χ2n) is 7.64. The molecule has 1 aromatic carbocycles. The van der Waals surface area contributed by atoms with Gasteiger partial charge in [0, 0.05) is 18.5 Å². The van der Waals surface area contributed by atoms with Crippen LogP contribution >= 0.6 is 0 Å². The molecule has 8 heteroatoms. The molecular formula is C24H29NO7. The van der Waals surface area contributed by atoms with Crippen molar-refractivity contribution in [3.63, 3.8) is 0 Å². The Morgan fingerprint density at radius 2 is 1.94 bits per heavy atom. The third-order valence-corrected chi connectivity index (χ3v) is 5.62. The van der Waals surface area contributed by atoms with Gasteiger partial charge in [0.1, 0.15) is 18.1 Å². The fraction of sp³-hybridized carbons (Fsp3) is 0.458. The summed E-state index contributed by atoms with van der Waals surface area (Å²) < 4.78 is 21.1. The molecule has 1 fully saturated rings. The number of hydrogen-bond acceptors (Lipinski definition) is 7. The molecule has 0 radical (unpaired) electrons. The number of rotatable bonds is 9. The summed E-state index contributed by atoms with van der Waals surface area (Å²) in [5.41, 5.74) is 0.784. The van der Waals surface area contributed by atoms with Gasteiger partial charge in [0.25, 0.3) is 0 Å². The zero-order valence-corrected chi connectivity index (χ0v) is 18.7. The Labute approximate surface area is 187 Å². The van der Waals surface area contributed by atoms with Gasteiger partial charge in [-0.2, -0.15) is 0 Å². The molecule has 32 heavy (non-hydrogen) atoms. The first-order valence-corrected chi connectivity index (χ1v) is 10.8. The zero-order valence-electron chi connectivity index (χ0n) is 18.7. The highest BCUT2D eigenvalue weighted by atomic mass is 16.6. The predicted octanol–water partition coefficient (Wildman–Crippen LogP) is 3.90. The van der Waals surface area contributed by atoms with Crippen molar-refractivity contribution in [2.45, 2.75) is 45.3 Å². The molecule has 0 aliphatic carbocycles. The minimum absolute atomic E-state index is 0.0205. The van der Waals surface area contributed by atoms with Crippen LogP contribution in [0.4, 0.5) is 0 Å². The molecule has 2 unspecified atom stereocenters. The van der Waals surface area contributed by atoms with Crippen LogP contribution in [-0.2, 0) is 25.7 Å². The average molecular weight is 443 g/mol. The molecular weight excluding hydrogens is 414 g/mol. The maximum absolute atomic E-state index is 13.1. The molecule has 0 spiro atoms. The van der Waals surface area contributed by atoms with Crippen LogP contribution < -0.4 is 4.74 Å². The van der Waals surface area contributed by atoms with Crippen LogP contribution in [0.5, 0.6) is 5.75 Å². The summed E-state index contributed by atoms with van der Waals surface area (Å²) >= 11 is 0. The van der Waals surface area contributed by atoms with Gasteiger partial charge in [-0.1, -0.05) is 31.5 Å². The lowest BCUT2D eigenvalue weighted by molar-refractivity contribution is -0.158. The number of nitrogens with zero attached hydrogens (tertiary/aromatic N) is 1. The number of benzene rings is 1. The monoisotopic (exact) mass is 443 g/mol. The molecule has 8 nitrogen and oxygen atoms in total. The normalized spacial score (nSPS) is 18.3. The smallest absolute Gasteiger partial charge is 0.373 e. The molecule has 0 N–H and O–H groups in total. The van der Waals surface area contributed by atoms with Crippen LogP contribution in [0.15, 0.2) is 40.8 Å². The fourth-order valence-corrected chi connectivity index (χ4v) is 4.00. The van der Waals surface area contributed by atoms with Crippen molar-refractivity contribution >= 4 is 17.8 Å². The number of esters is 2. The Morgan fingerprint density at radius 3 is 2.66 bits per heavy atom. The van der Waals surface area contributed by atoms with Crippen molar-refractivity contribution in [2.75, 3.05) is 20.8 Å². The van der Waals surface area contributed by atoms with E-state index >= 15 is 0 Å². The van der Waals surface area contributed by atoms with E-state index in [0.717, 1.165) is 18.4 Å². The van der Waals surface area contributed by atoms with Gasteiger partial charge in [0.15, 0.2) is 0 Å². The molecule has 2 aromatic rings. The van der Waals surface area contributed by atoms with E-state index < -0.39 is 23.9 Å². The topological polar surface area (TPSA) is 95.3 Å². The molecule has 3 rings (SSSR count). The summed E-state index contributed by atoms with van der Waals surface area (Å²) in [5, 5.41) is 0. The Bertz CT molecular complexity index is 951. The number of likely N-dealkylation sites (tertiary alicyclic amines) is 1. The molecule has 1 aromatic heterocycles. The second-order valence-corrected chi connectivity index (χ2v) is 7.64. The van der Waals surface area contributed by atoms with Crippen LogP contribution in [0.3, 0.4) is 0 Å². The van der Waals surface area contributed by atoms with Crippen molar-refractivity contribution in [3.05, 3.63) is 53.5 Å². The summed E-state index contributed by atoms with van der Waals surface area (Å²) in [5.74, 6) is -0.549. The SMILES string of the molecule is CCCCN1C(=O)CCC(C(=O)OCc2ccc(C(=O)OC)o2)C1c1ccccc1OC. The quantitative estimate of drug-likeness (QED) is 0.543. The maximum Gasteiger partial charge on any atom is 0.373 e. The number of hydrogen-bond donors (Lipinski definition) is 0. The number of carbonyl (C=O) groups is 3. The summed E-state index contributed by atoms with van der Waals surface area (Å²) in [4.78, 5) is 39.3. The standard InChI is InChI=1S/C24H29NO7/c1-4-5-14-25-21(26)13-11-18(22(25)17-8-6-7-9-19(17)29-2)23(27)31-15-16-10-12-20(32-16)24(28)30-3/h6-10,12,18,22H,4-5,11,13-15H2,1-3H3. The van der Waals surface area contributed by atoms with E-state index in [0.29, 0.717) is 24.5 Å². The van der Waals surface area contributed by atoms with Crippen molar-refractivity contribution in [3.8, 4) is 5.75 Å². The van der Waals surface area contributed by atoms with Crippen LogP contribution in [0.25, 0.3) is 0 Å². The first-order valence-electron chi connectivity index (χ1n) is 10.8. The number of carbonyl (C=O) groups excluding carboxylic acids is 3. The third-order valence-electron chi connectivity index (χ3n) is 5.62. The van der Waals surface area contributed by atoms with Gasteiger partial charge in [0.05, 0.1) is 26.2 Å². The number of unbranched alkanes of at least 4 members (excludes halogenated alkanes) is 1. The maximum atomic E-state index is 13.1. The van der Waals surface area contributed by atoms with E-state index in [9.17, 15) is 14.4 Å². The molecule has 0 bridgehead atoms. The van der Waals surface area contributed by atoms with Gasteiger partial charge in [-0.3, -0.25) is 9.59 Å². The zero-order chi connectivity index (χ0) is 23.1. The predicted molar refractivity (Wildman–Crippen MR) is 115 cm³/mol. The number of piperidine rings is 1. The van der Waals surface area contributed by atoms with Crippen molar-refractivity contribution in [1.82, 2.24) is 4.90 Å². The molecule has 1 saturated heterocycles. The van der Waals surface area contributed by atoms with Crippen molar-refractivity contribution in [2.24, 2.45) is 5.92 Å². The first-order chi connectivity index (χ1) is 15.5. The highest BCUT2D eigenvalue weighted by Crippen LogP contribution is 2.41. The number of methoxy groups -OCH3 is 2. The van der Waals surface area contributed by atoms with Crippen LogP contribution in [0, 0.1) is 5.92 Å². The summed E-state index contributed by atoms with van der Waals surface area (Å²) in [7, 11) is 2.83. The van der Waals surface area contributed by atoms with Gasteiger partial charge >= 0.3 is 11.9 Å². The van der Waals surface area contributed by atoms with Gasteiger partial charge in [-0.25, -0.2) is 4.79 Å². The minimum atomic E-state index is -0.601. The molecule has 172 valence electrons. The largest absolute Gasteiger partial charge is 0.496 e. The van der Waals surface area contributed by atoms with Crippen LogP contribution in [0.2, 0.25) is 0 Å². The van der Waals surface area contributed by atoms with Crippen molar-refractivity contribution < 1.29 is 33.0 Å². The first kappa shape index (κ1) is 23.4. The molecule has 2 heterocycles. The van der Waals surface area contributed by atoms with E-state index in [1.165, 1.54) is 13.2 Å². The van der Waals surface area contributed by atoms with Crippen LogP contribution in [0.1, 0.15) is 60.5 Å². The van der Waals surface area contributed by atoms with E-state index in [2.05, 4.69) is 11.7 Å². The Hall–Kier alpha value is -3.29. The molecule has 2 atom stereocenters. The van der Waals surface area contributed by atoms with E-state index in [4.69, 9.17) is 13.9 Å². The second kappa shape index (κ2) is 10.8. The van der Waals surface area contributed by atoms with E-state index in [1.54, 1.807) is 18.1 Å². The van der Waals surface area contributed by atoms with Crippen LogP contribution in [-0.4, -0.2) is 43.5 Å². The minimum Gasteiger partial charge on any atom is -0.496 e. The Balaban J connectivity index is 1.83. The van der Waals surface area contributed by atoms with E-state index in [-0.39, 0.29) is 24.7 Å². The fourth-order valence-electron chi connectivity index (χ4n) is 4.00. The lowest BCUT2D eigenvalue weighted by Crippen LogP contribution is -2.46. The highest BCUT2D eigenvalue weighted by molar-refractivity contribution is 5.86. The van der Waals surface area contributed by atoms with E-state index in [1.807, 2.05) is 24.3 Å². The number of ether oxygens (including phenoxy) is 3. The third kappa shape index (κ3) is 5.12. The van der Waals surface area contributed by atoms with Crippen molar-refractivity contribution in [1.29, 1.82) is 0 Å². The summed E-state index contributed by atoms with van der Waals surface area (Å²) in [6.45, 7) is 2.50.